The first-order valence-electron chi connectivity index (χ1n) is 5.75. The highest BCUT2D eigenvalue weighted by Crippen LogP contribution is 2.14. The average Bonchev–Trinajstić information content (AvgIpc) is 2.11. The number of hydrogen-bond donors (Lipinski definition) is 1. The predicted molar refractivity (Wildman–Crippen MR) is 58.9 cm³/mol. The van der Waals surface area contributed by atoms with E-state index < -0.39 is 0 Å². The Kier molecular flexibility index (Phi) is 5.92. The van der Waals surface area contributed by atoms with Crippen LogP contribution in [-0.2, 0) is 0 Å². The third-order valence-corrected chi connectivity index (χ3v) is 2.80. The van der Waals surface area contributed by atoms with Gasteiger partial charge in [0.1, 0.15) is 0 Å². The summed E-state index contributed by atoms with van der Waals surface area (Å²) in [4.78, 5) is 0. The number of rotatable bonds is 0. The minimum absolute atomic E-state index is 0.935. The van der Waals surface area contributed by atoms with Gasteiger partial charge < -0.3 is 5.32 Å². The summed E-state index contributed by atoms with van der Waals surface area (Å²) in [5, 5.41) is 3.44. The lowest BCUT2D eigenvalue weighted by Crippen LogP contribution is -2.15. The summed E-state index contributed by atoms with van der Waals surface area (Å²) >= 11 is 0. The van der Waals surface area contributed by atoms with Crippen LogP contribution in [0.4, 0.5) is 0 Å². The van der Waals surface area contributed by atoms with Gasteiger partial charge in [-0.05, 0) is 38.1 Å². The number of nitrogens with one attached hydrogen (secondary N) is 1. The molecule has 13 heavy (non-hydrogen) atoms. The van der Waals surface area contributed by atoms with Gasteiger partial charge in [-0.1, -0.05) is 31.9 Å². The Morgan fingerprint density at radius 3 is 2.85 bits per heavy atom. The van der Waals surface area contributed by atoms with Crippen molar-refractivity contribution in [1.82, 2.24) is 5.32 Å². The Balaban J connectivity index is 2.20. The van der Waals surface area contributed by atoms with Crippen LogP contribution in [0.15, 0.2) is 12.2 Å². The van der Waals surface area contributed by atoms with E-state index in [1.54, 1.807) is 0 Å². The van der Waals surface area contributed by atoms with Crippen molar-refractivity contribution >= 4 is 0 Å². The van der Waals surface area contributed by atoms with Crippen LogP contribution in [0.25, 0.3) is 0 Å². The minimum Gasteiger partial charge on any atom is -0.313 e. The quantitative estimate of drug-likeness (QED) is 0.566. The first-order valence-corrected chi connectivity index (χ1v) is 5.75. The van der Waals surface area contributed by atoms with Crippen molar-refractivity contribution in [3.8, 4) is 0 Å². The molecule has 1 aliphatic rings. The molecule has 0 aliphatic carbocycles. The number of allylic oxidation sites excluding steroid dienone is 1. The largest absolute Gasteiger partial charge is 0.313 e. The molecule has 0 aromatic heterocycles. The summed E-state index contributed by atoms with van der Waals surface area (Å²) in [6.45, 7) is 4.64. The van der Waals surface area contributed by atoms with Gasteiger partial charge in [0.25, 0.3) is 0 Å². The maximum Gasteiger partial charge on any atom is 0.0134 e. The SMILES string of the molecule is C[C@H]1CCCC/C=C\CNCCC1. The molecular weight excluding hydrogens is 158 g/mol. The summed E-state index contributed by atoms with van der Waals surface area (Å²) in [6.07, 6.45) is 12.8. The van der Waals surface area contributed by atoms with Gasteiger partial charge in [-0.15, -0.1) is 0 Å². The summed E-state index contributed by atoms with van der Waals surface area (Å²) in [7, 11) is 0. The van der Waals surface area contributed by atoms with E-state index in [2.05, 4.69) is 24.4 Å². The second kappa shape index (κ2) is 7.14. The molecule has 1 rings (SSSR count). The summed E-state index contributed by atoms with van der Waals surface area (Å²) in [5.41, 5.74) is 0. The van der Waals surface area contributed by atoms with Crippen molar-refractivity contribution in [2.75, 3.05) is 13.1 Å². The first-order chi connectivity index (χ1) is 6.39. The van der Waals surface area contributed by atoms with Crippen molar-refractivity contribution in [3.63, 3.8) is 0 Å². The summed E-state index contributed by atoms with van der Waals surface area (Å²) in [5.74, 6) is 0.935. The minimum atomic E-state index is 0.935. The number of hydrogen-bond acceptors (Lipinski definition) is 1. The topological polar surface area (TPSA) is 12.0 Å². The van der Waals surface area contributed by atoms with E-state index in [9.17, 15) is 0 Å². The van der Waals surface area contributed by atoms with Gasteiger partial charge in [-0.3, -0.25) is 0 Å². The lowest BCUT2D eigenvalue weighted by molar-refractivity contribution is 0.446. The van der Waals surface area contributed by atoms with E-state index >= 15 is 0 Å². The van der Waals surface area contributed by atoms with E-state index in [0.717, 1.165) is 12.5 Å². The molecule has 0 amide bonds. The van der Waals surface area contributed by atoms with Gasteiger partial charge in [-0.2, -0.15) is 0 Å². The van der Waals surface area contributed by atoms with Crippen molar-refractivity contribution in [2.24, 2.45) is 5.92 Å². The van der Waals surface area contributed by atoms with Crippen LogP contribution in [0, 0.1) is 5.92 Å². The third kappa shape index (κ3) is 5.87. The van der Waals surface area contributed by atoms with Gasteiger partial charge in [0.2, 0.25) is 0 Å². The maximum atomic E-state index is 3.44. The molecule has 0 bridgehead atoms. The fourth-order valence-corrected chi connectivity index (χ4v) is 1.86. The second-order valence-corrected chi connectivity index (χ2v) is 4.21. The fourth-order valence-electron chi connectivity index (χ4n) is 1.86. The van der Waals surface area contributed by atoms with Crippen LogP contribution in [-0.4, -0.2) is 13.1 Å². The third-order valence-electron chi connectivity index (χ3n) is 2.80. The average molecular weight is 181 g/mol. The molecule has 76 valence electrons. The molecule has 1 nitrogen and oxygen atoms in total. The molecule has 1 heteroatoms. The Morgan fingerprint density at radius 2 is 1.92 bits per heavy atom. The van der Waals surface area contributed by atoms with Crippen LogP contribution in [0.1, 0.15) is 45.4 Å². The Labute approximate surface area is 82.6 Å². The molecule has 1 aliphatic heterocycles. The molecule has 0 aromatic rings. The van der Waals surface area contributed by atoms with E-state index in [1.165, 1.54) is 45.1 Å². The van der Waals surface area contributed by atoms with Crippen molar-refractivity contribution in [1.29, 1.82) is 0 Å². The Morgan fingerprint density at radius 1 is 1.08 bits per heavy atom. The predicted octanol–water partition coefficient (Wildman–Crippen LogP) is 3.12. The molecule has 0 radical (unpaired) electrons. The monoisotopic (exact) mass is 181 g/mol. The normalized spacial score (nSPS) is 30.1. The van der Waals surface area contributed by atoms with Gasteiger partial charge >= 0.3 is 0 Å². The van der Waals surface area contributed by atoms with Crippen LogP contribution >= 0.6 is 0 Å². The smallest absolute Gasteiger partial charge is 0.0134 e. The molecule has 0 saturated heterocycles. The van der Waals surface area contributed by atoms with E-state index in [-0.39, 0.29) is 0 Å². The van der Waals surface area contributed by atoms with Crippen LogP contribution in [0.5, 0.6) is 0 Å². The summed E-state index contributed by atoms with van der Waals surface area (Å²) in [6, 6.07) is 0. The highest BCUT2D eigenvalue weighted by Gasteiger charge is 2.01. The van der Waals surface area contributed by atoms with Crippen LogP contribution in [0.3, 0.4) is 0 Å². The highest BCUT2D eigenvalue weighted by molar-refractivity contribution is 4.83. The molecule has 1 heterocycles. The molecule has 0 aromatic carbocycles. The standard InChI is InChI=1S/C12H23N/c1-12-8-5-3-2-4-6-10-13-11-7-9-12/h4,6,12-13H,2-3,5,7-11H2,1H3/b6-4-/t12-/m0/s1. The Bertz CT molecular complexity index is 140. The molecule has 1 atom stereocenters. The van der Waals surface area contributed by atoms with Crippen molar-refractivity contribution in [2.45, 2.75) is 45.4 Å². The van der Waals surface area contributed by atoms with Gasteiger partial charge in [0, 0.05) is 6.54 Å². The molecular formula is C12H23N. The lowest BCUT2D eigenvalue weighted by atomic mass is 9.98. The van der Waals surface area contributed by atoms with Gasteiger partial charge in [-0.25, -0.2) is 0 Å². The summed E-state index contributed by atoms with van der Waals surface area (Å²) < 4.78 is 0. The van der Waals surface area contributed by atoms with E-state index in [4.69, 9.17) is 0 Å². The lowest BCUT2D eigenvalue weighted by Gasteiger charge is -2.11. The zero-order chi connectivity index (χ0) is 9.36. The molecule has 0 spiro atoms. The first kappa shape index (κ1) is 10.8. The zero-order valence-corrected chi connectivity index (χ0v) is 8.89. The fraction of sp³-hybridized carbons (Fsp3) is 0.833. The molecule has 0 unspecified atom stereocenters. The van der Waals surface area contributed by atoms with Gasteiger partial charge in [0.05, 0.1) is 0 Å². The van der Waals surface area contributed by atoms with Crippen molar-refractivity contribution < 1.29 is 0 Å². The molecule has 1 N–H and O–H groups in total. The molecule has 0 fully saturated rings. The van der Waals surface area contributed by atoms with E-state index in [1.807, 2.05) is 0 Å². The van der Waals surface area contributed by atoms with Crippen LogP contribution in [0.2, 0.25) is 0 Å². The highest BCUT2D eigenvalue weighted by atomic mass is 14.8. The zero-order valence-electron chi connectivity index (χ0n) is 8.89. The Hall–Kier alpha value is -0.300. The van der Waals surface area contributed by atoms with E-state index in [0.29, 0.717) is 0 Å². The van der Waals surface area contributed by atoms with Crippen LogP contribution < -0.4 is 5.32 Å². The van der Waals surface area contributed by atoms with Gasteiger partial charge in [0.15, 0.2) is 0 Å². The maximum absolute atomic E-state index is 3.44. The molecule has 0 saturated carbocycles. The second-order valence-electron chi connectivity index (χ2n) is 4.21. The van der Waals surface area contributed by atoms with Crippen molar-refractivity contribution in [3.05, 3.63) is 12.2 Å².